The fraction of sp³-hybridized carbons (Fsp3) is 0.533. The Morgan fingerprint density at radius 3 is 2.42 bits per heavy atom. The number of likely N-dealkylation sites (N-methyl/N-ethyl adjacent to an activating group) is 1. The summed E-state index contributed by atoms with van der Waals surface area (Å²) < 4.78 is 0. The van der Waals surface area contributed by atoms with Gasteiger partial charge in [-0.15, -0.1) is 0 Å². The van der Waals surface area contributed by atoms with Gasteiger partial charge in [0.25, 0.3) is 0 Å². The van der Waals surface area contributed by atoms with Crippen molar-refractivity contribution >= 4 is 29.0 Å². The smallest absolute Gasteiger partial charge is 0.181 e. The molecule has 0 amide bonds. The molecule has 1 aromatic rings. The molecule has 0 saturated heterocycles. The van der Waals surface area contributed by atoms with Crippen LogP contribution in [-0.2, 0) is 0 Å². The van der Waals surface area contributed by atoms with E-state index in [2.05, 4.69) is 25.7 Å². The highest BCUT2D eigenvalue weighted by Crippen LogP contribution is 2.25. The Morgan fingerprint density at radius 1 is 1.37 bits per heavy atom. The molecule has 1 atom stereocenters. The fourth-order valence-electron chi connectivity index (χ4n) is 1.86. The number of rotatable bonds is 5. The van der Waals surface area contributed by atoms with Gasteiger partial charge in [0.2, 0.25) is 0 Å². The number of nitrogens with zero attached hydrogens (tertiary/aromatic N) is 1. The molecule has 19 heavy (non-hydrogen) atoms. The molecule has 4 heteroatoms. The summed E-state index contributed by atoms with van der Waals surface area (Å²) in [6, 6.07) is 4.76. The topological polar surface area (TPSA) is 20.3 Å². The Kier molecular flexibility index (Phi) is 5.43. The largest absolute Gasteiger partial charge is 0.292 e. The zero-order valence-electron chi connectivity index (χ0n) is 12.1. The number of halogens is 2. The van der Waals surface area contributed by atoms with Crippen molar-refractivity contribution in [3.05, 3.63) is 33.8 Å². The monoisotopic (exact) mass is 301 g/mol. The lowest BCUT2D eigenvalue weighted by Gasteiger charge is -2.38. The third kappa shape index (κ3) is 3.71. The Hall–Kier alpha value is -0.570. The Morgan fingerprint density at radius 2 is 1.95 bits per heavy atom. The van der Waals surface area contributed by atoms with Crippen molar-refractivity contribution in [2.45, 2.75) is 45.7 Å². The van der Waals surface area contributed by atoms with Gasteiger partial charge < -0.3 is 0 Å². The highest BCUT2D eigenvalue weighted by molar-refractivity contribution is 6.37. The van der Waals surface area contributed by atoms with E-state index >= 15 is 0 Å². The molecule has 0 spiro atoms. The second-order valence-corrected chi connectivity index (χ2v) is 6.28. The molecule has 0 aliphatic carbocycles. The average molecular weight is 302 g/mol. The van der Waals surface area contributed by atoms with Crippen molar-refractivity contribution in [2.75, 3.05) is 7.05 Å². The number of ketones is 1. The van der Waals surface area contributed by atoms with E-state index in [4.69, 9.17) is 23.2 Å². The van der Waals surface area contributed by atoms with Crippen LogP contribution in [0.2, 0.25) is 10.0 Å². The van der Waals surface area contributed by atoms with Crippen LogP contribution < -0.4 is 0 Å². The summed E-state index contributed by atoms with van der Waals surface area (Å²) in [6.07, 6.45) is 0.968. The zero-order valence-corrected chi connectivity index (χ0v) is 13.6. The van der Waals surface area contributed by atoms with E-state index in [1.807, 2.05) is 14.0 Å². The molecule has 1 aromatic carbocycles. The van der Waals surface area contributed by atoms with Gasteiger partial charge in [0.05, 0.1) is 11.1 Å². The maximum absolute atomic E-state index is 12.5. The highest BCUT2D eigenvalue weighted by Gasteiger charge is 2.30. The average Bonchev–Trinajstić information content (AvgIpc) is 2.36. The first-order valence-electron chi connectivity index (χ1n) is 6.43. The maximum atomic E-state index is 12.5. The summed E-state index contributed by atoms with van der Waals surface area (Å²) in [5.41, 5.74) is 0.492. The van der Waals surface area contributed by atoms with Gasteiger partial charge in [0.15, 0.2) is 5.78 Å². The Bertz CT molecular complexity index is 471. The third-order valence-corrected chi connectivity index (χ3v) is 4.52. The van der Waals surface area contributed by atoms with Crippen LogP contribution in [0.5, 0.6) is 0 Å². The predicted octanol–water partition coefficient (Wildman–Crippen LogP) is 4.69. The quantitative estimate of drug-likeness (QED) is 0.736. The molecule has 0 fully saturated rings. The molecule has 0 N–H and O–H groups in total. The molecule has 2 nitrogen and oxygen atoms in total. The number of hydrogen-bond donors (Lipinski definition) is 0. The SMILES string of the molecule is CCC(C)(C)N(C)C(C)C(=O)c1ccc(Cl)cc1Cl. The van der Waals surface area contributed by atoms with Crippen molar-refractivity contribution in [1.82, 2.24) is 4.90 Å². The molecular weight excluding hydrogens is 281 g/mol. The standard InChI is InChI=1S/C15H21Cl2NO/c1-6-15(3,4)18(5)10(2)14(19)12-8-7-11(16)9-13(12)17/h7-10H,6H2,1-5H3. The normalized spacial score (nSPS) is 13.7. The number of hydrogen-bond acceptors (Lipinski definition) is 2. The minimum absolute atomic E-state index is 0.0192. The Balaban J connectivity index is 3.00. The van der Waals surface area contributed by atoms with E-state index in [1.165, 1.54) is 0 Å². The van der Waals surface area contributed by atoms with Crippen LogP contribution in [0.1, 0.15) is 44.5 Å². The summed E-state index contributed by atoms with van der Waals surface area (Å²) in [4.78, 5) is 14.6. The summed E-state index contributed by atoms with van der Waals surface area (Å²) in [5, 5.41) is 0.948. The van der Waals surface area contributed by atoms with E-state index in [-0.39, 0.29) is 17.4 Å². The van der Waals surface area contributed by atoms with E-state index in [9.17, 15) is 4.79 Å². The van der Waals surface area contributed by atoms with E-state index < -0.39 is 0 Å². The van der Waals surface area contributed by atoms with Crippen LogP contribution in [0.25, 0.3) is 0 Å². The second-order valence-electron chi connectivity index (χ2n) is 5.44. The molecule has 0 bridgehead atoms. The van der Waals surface area contributed by atoms with Crippen molar-refractivity contribution in [2.24, 2.45) is 0 Å². The highest BCUT2D eigenvalue weighted by atomic mass is 35.5. The summed E-state index contributed by atoms with van der Waals surface area (Å²) >= 11 is 12.0. The van der Waals surface area contributed by atoms with Gasteiger partial charge in [-0.05, 0) is 52.4 Å². The molecule has 1 unspecified atom stereocenters. The Labute approximate surface area is 125 Å². The lowest BCUT2D eigenvalue weighted by molar-refractivity contribution is 0.0677. The molecule has 0 saturated carbocycles. The van der Waals surface area contributed by atoms with Gasteiger partial charge in [-0.2, -0.15) is 0 Å². The molecular formula is C15H21Cl2NO. The molecule has 1 rings (SSSR count). The zero-order chi connectivity index (χ0) is 14.8. The number of carbonyl (C=O) groups is 1. The first-order chi connectivity index (χ1) is 8.70. The summed E-state index contributed by atoms with van der Waals surface area (Å²) in [7, 11) is 1.97. The fourth-order valence-corrected chi connectivity index (χ4v) is 2.37. The van der Waals surface area contributed by atoms with Crippen molar-refractivity contribution in [1.29, 1.82) is 0 Å². The first-order valence-corrected chi connectivity index (χ1v) is 7.18. The molecule has 0 aromatic heterocycles. The van der Waals surface area contributed by atoms with Crippen LogP contribution in [0.3, 0.4) is 0 Å². The molecule has 0 aliphatic rings. The molecule has 0 aliphatic heterocycles. The van der Waals surface area contributed by atoms with Crippen molar-refractivity contribution < 1.29 is 4.79 Å². The number of Topliss-reactive ketones (excluding diaryl/α,β-unsaturated/α-hetero) is 1. The van der Waals surface area contributed by atoms with E-state index in [0.717, 1.165) is 6.42 Å². The van der Waals surface area contributed by atoms with Gasteiger partial charge in [-0.3, -0.25) is 9.69 Å². The third-order valence-electron chi connectivity index (χ3n) is 3.98. The van der Waals surface area contributed by atoms with Gasteiger partial charge in [0.1, 0.15) is 0 Å². The molecule has 106 valence electrons. The first kappa shape index (κ1) is 16.5. The van der Waals surface area contributed by atoms with Gasteiger partial charge in [0, 0.05) is 16.1 Å². The van der Waals surface area contributed by atoms with Gasteiger partial charge in [-0.1, -0.05) is 30.1 Å². The van der Waals surface area contributed by atoms with Gasteiger partial charge in [-0.25, -0.2) is 0 Å². The summed E-state index contributed by atoms with van der Waals surface area (Å²) in [6.45, 7) is 8.27. The lowest BCUT2D eigenvalue weighted by Crippen LogP contribution is -2.49. The number of carbonyl (C=O) groups excluding carboxylic acids is 1. The minimum Gasteiger partial charge on any atom is -0.292 e. The van der Waals surface area contributed by atoms with Crippen LogP contribution in [0.15, 0.2) is 18.2 Å². The van der Waals surface area contributed by atoms with Crippen molar-refractivity contribution in [3.63, 3.8) is 0 Å². The number of benzene rings is 1. The van der Waals surface area contributed by atoms with Crippen LogP contribution in [0.4, 0.5) is 0 Å². The van der Waals surface area contributed by atoms with Crippen LogP contribution >= 0.6 is 23.2 Å². The van der Waals surface area contributed by atoms with E-state index in [1.54, 1.807) is 18.2 Å². The maximum Gasteiger partial charge on any atom is 0.181 e. The van der Waals surface area contributed by atoms with Crippen LogP contribution in [-0.4, -0.2) is 29.3 Å². The summed E-state index contributed by atoms with van der Waals surface area (Å²) in [5.74, 6) is 0.0192. The van der Waals surface area contributed by atoms with Crippen molar-refractivity contribution in [3.8, 4) is 0 Å². The minimum atomic E-state index is -0.228. The predicted molar refractivity (Wildman–Crippen MR) is 82.4 cm³/mol. The molecule has 0 radical (unpaired) electrons. The second kappa shape index (κ2) is 6.25. The van der Waals surface area contributed by atoms with E-state index in [0.29, 0.717) is 15.6 Å². The van der Waals surface area contributed by atoms with Gasteiger partial charge >= 0.3 is 0 Å². The molecule has 0 heterocycles. The van der Waals surface area contributed by atoms with Crippen LogP contribution in [0, 0.1) is 0 Å². The lowest BCUT2D eigenvalue weighted by atomic mass is 9.95.